The van der Waals surface area contributed by atoms with Gasteiger partial charge in [-0.3, -0.25) is 14.4 Å². The van der Waals surface area contributed by atoms with Crippen LogP contribution in [0.4, 0.5) is 0 Å². The third kappa shape index (κ3) is 12.9. The molecule has 26 atom stereocenters. The quantitative estimate of drug-likeness (QED) is 0.0571. The van der Waals surface area contributed by atoms with Crippen molar-refractivity contribution >= 4 is 23.7 Å². The van der Waals surface area contributed by atoms with Crippen LogP contribution in [0, 0.1) is 0 Å². The Morgan fingerprint density at radius 2 is 0.986 bits per heavy atom. The number of carboxylic acid groups (broad SMARTS) is 1. The minimum absolute atomic E-state index is 0.704. The zero-order valence-corrected chi connectivity index (χ0v) is 38.1. The van der Waals surface area contributed by atoms with E-state index in [2.05, 4.69) is 16.0 Å². The van der Waals surface area contributed by atoms with E-state index in [0.717, 1.165) is 20.8 Å². The van der Waals surface area contributed by atoms with Crippen molar-refractivity contribution in [2.45, 2.75) is 186 Å². The molecule has 5 rings (SSSR count). The molecule has 5 aliphatic rings. The number of aliphatic carboxylic acids is 1. The van der Waals surface area contributed by atoms with Crippen LogP contribution in [0.3, 0.4) is 0 Å². The molecule has 0 spiro atoms. The minimum atomic E-state index is -3.17. The summed E-state index contributed by atoms with van der Waals surface area (Å²) in [6, 6.07) is -4.96. The van der Waals surface area contributed by atoms with Crippen LogP contribution in [-0.4, -0.2) is 297 Å². The van der Waals surface area contributed by atoms with Gasteiger partial charge in [0.2, 0.25) is 17.7 Å². The molecule has 0 aromatic carbocycles. The highest BCUT2D eigenvalue weighted by Crippen LogP contribution is 2.39. The van der Waals surface area contributed by atoms with E-state index in [4.69, 9.17) is 42.6 Å². The van der Waals surface area contributed by atoms with Crippen molar-refractivity contribution in [1.29, 1.82) is 0 Å². The molecule has 32 nitrogen and oxygen atoms in total. The van der Waals surface area contributed by atoms with E-state index >= 15 is 0 Å². The summed E-state index contributed by atoms with van der Waals surface area (Å²) in [4.78, 5) is 49.2. The highest BCUT2D eigenvalue weighted by atomic mass is 16.8. The first-order valence-corrected chi connectivity index (χ1v) is 22.2. The molecular formula is C39H65N3O29. The van der Waals surface area contributed by atoms with Gasteiger partial charge in [-0.1, -0.05) is 0 Å². The fourth-order valence-electron chi connectivity index (χ4n) is 8.95. The van der Waals surface area contributed by atoms with Gasteiger partial charge in [-0.05, 0) is 0 Å². The standard InChI is InChI=1S/C39H65N3O29/c1-10(48)40-19-13(51)4-39(38(61)62,70-32(19)22(53)14(52)5-43)71-33-23(54)15(6-44)64-37(28(33)59)69-30-17(8-46)65-35(21(25(30)56)42-12(3)50)67-31-18(9-47)66-36(27(58)26(31)57)68-29-16(7-45)63-34(60)20(24(29)55)41-11(2)49/h13-37,43-47,51-60H,4-9H2,1-3H3,(H,40,48)(H,41,49)(H,42,50)(H,61,62)/t13-,14+,15+,16+,17+,18+,19+,20+,21+,22+,23-,24+,25+,26+,27+,28+,29+,30+,31-,32+,33-,34+,35-,36-,37-,39-/m0/s1. The van der Waals surface area contributed by atoms with E-state index in [0.29, 0.717) is 0 Å². The van der Waals surface area contributed by atoms with Crippen LogP contribution in [0.15, 0.2) is 0 Å². The molecule has 5 saturated heterocycles. The normalized spacial score (nSPS) is 45.0. The molecule has 0 aromatic heterocycles. The summed E-state index contributed by atoms with van der Waals surface area (Å²) in [5.41, 5.74) is 0. The number of rotatable bonds is 19. The number of ether oxygens (including phenoxy) is 9. The van der Waals surface area contributed by atoms with Crippen LogP contribution in [0.1, 0.15) is 27.2 Å². The van der Waals surface area contributed by atoms with Crippen molar-refractivity contribution in [1.82, 2.24) is 16.0 Å². The van der Waals surface area contributed by atoms with Gasteiger partial charge in [0.25, 0.3) is 5.79 Å². The molecule has 32 heteroatoms. The van der Waals surface area contributed by atoms with E-state index in [1.807, 2.05) is 0 Å². The first-order valence-electron chi connectivity index (χ1n) is 22.2. The molecule has 0 aromatic rings. The van der Waals surface area contributed by atoms with Gasteiger partial charge in [0.05, 0.1) is 45.2 Å². The molecule has 19 N–H and O–H groups in total. The molecule has 5 heterocycles. The number of amides is 3. The maximum Gasteiger partial charge on any atom is 0.364 e. The molecule has 71 heavy (non-hydrogen) atoms. The van der Waals surface area contributed by atoms with Crippen molar-refractivity contribution < 1.29 is 144 Å². The molecule has 0 bridgehead atoms. The van der Waals surface area contributed by atoms with Gasteiger partial charge in [0.15, 0.2) is 25.2 Å². The summed E-state index contributed by atoms with van der Waals surface area (Å²) in [6.45, 7) is -2.15. The van der Waals surface area contributed by atoms with Crippen molar-refractivity contribution in [3.05, 3.63) is 0 Å². The number of hydrogen-bond donors (Lipinski definition) is 19. The van der Waals surface area contributed by atoms with E-state index in [-0.39, 0.29) is 0 Å². The van der Waals surface area contributed by atoms with Crippen LogP contribution < -0.4 is 16.0 Å². The summed E-state index contributed by atoms with van der Waals surface area (Å²) in [5, 5.41) is 178. The Kier molecular flexibility index (Phi) is 20.7. The zero-order valence-electron chi connectivity index (χ0n) is 38.1. The Labute approximate surface area is 402 Å². The zero-order chi connectivity index (χ0) is 53.0. The second-order valence-corrected chi connectivity index (χ2v) is 17.6. The molecule has 5 fully saturated rings. The average molecular weight is 1040 g/mol. The van der Waals surface area contributed by atoms with Crippen LogP contribution in [-0.2, 0) is 61.8 Å². The molecule has 0 aliphatic carbocycles. The van der Waals surface area contributed by atoms with E-state index in [9.17, 15) is 101 Å². The van der Waals surface area contributed by atoms with Gasteiger partial charge in [0, 0.05) is 27.2 Å². The Morgan fingerprint density at radius 1 is 0.549 bits per heavy atom. The van der Waals surface area contributed by atoms with Crippen LogP contribution in [0.25, 0.3) is 0 Å². The first-order chi connectivity index (χ1) is 33.4. The molecule has 410 valence electrons. The fraction of sp³-hybridized carbons (Fsp3) is 0.897. The molecule has 5 aliphatic heterocycles. The van der Waals surface area contributed by atoms with Crippen LogP contribution >= 0.6 is 0 Å². The predicted octanol–water partition coefficient (Wildman–Crippen LogP) is -12.3. The second kappa shape index (κ2) is 25.0. The molecular weight excluding hydrogens is 974 g/mol. The number of carbonyl (C=O) groups is 4. The number of carbonyl (C=O) groups excluding carboxylic acids is 3. The maximum absolute atomic E-state index is 12.9. The lowest BCUT2D eigenvalue weighted by molar-refractivity contribution is -0.388. The average Bonchev–Trinajstić information content (AvgIpc) is 3.31. The Morgan fingerprint density at radius 3 is 1.49 bits per heavy atom. The van der Waals surface area contributed by atoms with Crippen molar-refractivity contribution in [3.63, 3.8) is 0 Å². The first kappa shape index (κ1) is 58.8. The second-order valence-electron chi connectivity index (χ2n) is 17.6. The molecule has 0 saturated carbocycles. The van der Waals surface area contributed by atoms with Gasteiger partial charge in [-0.15, -0.1) is 0 Å². The third-order valence-corrected chi connectivity index (χ3v) is 12.5. The lowest BCUT2D eigenvalue weighted by atomic mass is 9.88. The van der Waals surface area contributed by atoms with E-state index in [1.165, 1.54) is 0 Å². The van der Waals surface area contributed by atoms with Crippen molar-refractivity contribution in [2.75, 3.05) is 33.0 Å². The van der Waals surface area contributed by atoms with Crippen molar-refractivity contribution in [3.8, 4) is 0 Å². The highest BCUT2D eigenvalue weighted by Gasteiger charge is 2.61. The van der Waals surface area contributed by atoms with Crippen LogP contribution in [0.5, 0.6) is 0 Å². The van der Waals surface area contributed by atoms with Crippen molar-refractivity contribution in [2.24, 2.45) is 0 Å². The molecule has 0 unspecified atom stereocenters. The van der Waals surface area contributed by atoms with Gasteiger partial charge in [-0.2, -0.15) is 0 Å². The van der Waals surface area contributed by atoms with E-state index in [1.54, 1.807) is 0 Å². The lowest BCUT2D eigenvalue weighted by Gasteiger charge is -2.51. The third-order valence-electron chi connectivity index (χ3n) is 12.5. The smallest absolute Gasteiger partial charge is 0.364 e. The summed E-state index contributed by atoms with van der Waals surface area (Å²) in [6.07, 6.45) is -44.6. The number of aliphatic hydroxyl groups excluding tert-OH is 15. The summed E-state index contributed by atoms with van der Waals surface area (Å²) >= 11 is 0. The number of carboxylic acids is 1. The Balaban J connectivity index is 1.37. The monoisotopic (exact) mass is 1040 g/mol. The summed E-state index contributed by atoms with van der Waals surface area (Å²) in [5.74, 6) is -7.61. The predicted molar refractivity (Wildman–Crippen MR) is 219 cm³/mol. The molecule has 3 amide bonds. The van der Waals surface area contributed by atoms with Gasteiger partial charge >= 0.3 is 5.97 Å². The number of hydrogen-bond acceptors (Lipinski definition) is 28. The topological polar surface area (TPSA) is 511 Å². The fourth-order valence-corrected chi connectivity index (χ4v) is 8.95. The lowest BCUT2D eigenvalue weighted by Crippen LogP contribution is -2.71. The maximum atomic E-state index is 12.9. The van der Waals surface area contributed by atoms with Gasteiger partial charge in [-0.25, -0.2) is 4.79 Å². The highest BCUT2D eigenvalue weighted by molar-refractivity contribution is 5.77. The summed E-state index contributed by atoms with van der Waals surface area (Å²) in [7, 11) is 0. The minimum Gasteiger partial charge on any atom is -0.477 e. The summed E-state index contributed by atoms with van der Waals surface area (Å²) < 4.78 is 51.1. The number of aliphatic hydroxyl groups is 15. The van der Waals surface area contributed by atoms with Gasteiger partial charge < -0.3 is 140 Å². The van der Waals surface area contributed by atoms with E-state index < -0.39 is 222 Å². The molecule has 0 radical (unpaired) electrons. The number of nitrogens with one attached hydrogen (secondary N) is 3. The largest absolute Gasteiger partial charge is 0.477 e. The van der Waals surface area contributed by atoms with Crippen LogP contribution in [0.2, 0.25) is 0 Å². The SMILES string of the molecule is CC(=O)N[C@@H]1[C@@H](O)[C@H](O[C@@H]2O[C@H](CO)[C@H](O[C@@H]3O[C@H](CO)[C@@H](O[C@@H]4O[C@H](CO)[C@H](O)[C@H](O[C@]5(C(=O)O)C[C@H](O)[C@@H](NC(C)=O)[C@H]([C@H](O)[C@H](O)CO)O5)[C@H]4O)[C@H](O)[C@H]3NC(C)=O)[C@H](O)[C@H]2O)[C@@H](CO)O[C@H]1O. The van der Waals surface area contributed by atoms with Gasteiger partial charge in [0.1, 0.15) is 116 Å². The Bertz CT molecular complexity index is 1770. The Hall–Kier alpha value is -3.08.